The van der Waals surface area contributed by atoms with Crippen LogP contribution in [0.2, 0.25) is 0 Å². The summed E-state index contributed by atoms with van der Waals surface area (Å²) in [5.74, 6) is -0.294. The monoisotopic (exact) mass is 264 g/mol. The van der Waals surface area contributed by atoms with E-state index in [9.17, 15) is 9.59 Å². The summed E-state index contributed by atoms with van der Waals surface area (Å²) in [5, 5.41) is 5.09. The highest BCUT2D eigenvalue weighted by atomic mass is 16.6. The first-order valence-electron chi connectivity index (χ1n) is 6.09. The van der Waals surface area contributed by atoms with Crippen LogP contribution in [0.25, 0.3) is 0 Å². The third-order valence-corrected chi connectivity index (χ3v) is 2.30. The Morgan fingerprint density at radius 1 is 1.16 bits per heavy atom. The lowest BCUT2D eigenvalue weighted by molar-refractivity contribution is -0.122. The molecule has 1 atom stereocenters. The first-order valence-corrected chi connectivity index (χ1v) is 6.09. The van der Waals surface area contributed by atoms with Crippen LogP contribution >= 0.6 is 0 Å². The molecule has 0 aliphatic rings. The molecule has 0 spiro atoms. The maximum atomic E-state index is 11.8. The molecule has 19 heavy (non-hydrogen) atoms. The van der Waals surface area contributed by atoms with E-state index in [2.05, 4.69) is 10.6 Å². The fourth-order valence-electron chi connectivity index (χ4n) is 1.52. The second kappa shape index (κ2) is 6.22. The van der Waals surface area contributed by atoms with Gasteiger partial charge in [0.15, 0.2) is 0 Å². The number of benzene rings is 1. The molecular weight excluding hydrogens is 244 g/mol. The number of ether oxygens (including phenoxy) is 1. The third kappa shape index (κ3) is 4.99. The van der Waals surface area contributed by atoms with Crippen molar-refractivity contribution in [2.45, 2.75) is 32.4 Å². The number of rotatable bonds is 3. The second-order valence-electron chi connectivity index (χ2n) is 5.10. The van der Waals surface area contributed by atoms with Gasteiger partial charge in [-0.25, -0.2) is 4.79 Å². The Hall–Kier alpha value is -2.04. The van der Waals surface area contributed by atoms with Crippen LogP contribution in [0, 0.1) is 0 Å². The number of hydrogen-bond acceptors (Lipinski definition) is 3. The Balaban J connectivity index is 2.83. The van der Waals surface area contributed by atoms with Gasteiger partial charge in [-0.15, -0.1) is 0 Å². The highest BCUT2D eigenvalue weighted by Crippen LogP contribution is 2.14. The molecule has 2 amide bonds. The molecule has 0 saturated carbocycles. The van der Waals surface area contributed by atoms with Crippen molar-refractivity contribution in [1.29, 1.82) is 0 Å². The summed E-state index contributed by atoms with van der Waals surface area (Å²) in [4.78, 5) is 23.6. The minimum absolute atomic E-state index is 0.294. The second-order valence-corrected chi connectivity index (χ2v) is 5.10. The topological polar surface area (TPSA) is 67.4 Å². The maximum Gasteiger partial charge on any atom is 0.408 e. The third-order valence-electron chi connectivity index (χ3n) is 2.30. The van der Waals surface area contributed by atoms with Crippen LogP contribution in [0.15, 0.2) is 30.3 Å². The van der Waals surface area contributed by atoms with Crippen LogP contribution in [0.5, 0.6) is 0 Å². The average molecular weight is 264 g/mol. The van der Waals surface area contributed by atoms with Gasteiger partial charge in [-0.2, -0.15) is 0 Å². The maximum absolute atomic E-state index is 11.8. The van der Waals surface area contributed by atoms with E-state index in [0.29, 0.717) is 5.56 Å². The van der Waals surface area contributed by atoms with Gasteiger partial charge in [0.1, 0.15) is 11.6 Å². The first-order chi connectivity index (χ1) is 8.83. The van der Waals surface area contributed by atoms with Crippen molar-refractivity contribution in [3.8, 4) is 0 Å². The van der Waals surface area contributed by atoms with Gasteiger partial charge in [0, 0.05) is 7.05 Å². The smallest absolute Gasteiger partial charge is 0.408 e. The van der Waals surface area contributed by atoms with E-state index in [4.69, 9.17) is 4.74 Å². The fraction of sp³-hybridized carbons (Fsp3) is 0.429. The summed E-state index contributed by atoms with van der Waals surface area (Å²) >= 11 is 0. The molecule has 0 heterocycles. The number of alkyl carbamates (subject to hydrolysis) is 1. The summed E-state index contributed by atoms with van der Waals surface area (Å²) in [5.41, 5.74) is 0.0984. The quantitative estimate of drug-likeness (QED) is 0.877. The van der Waals surface area contributed by atoms with Crippen molar-refractivity contribution < 1.29 is 14.3 Å². The van der Waals surface area contributed by atoms with Gasteiger partial charge < -0.3 is 15.4 Å². The fourth-order valence-corrected chi connectivity index (χ4v) is 1.52. The molecule has 104 valence electrons. The summed E-state index contributed by atoms with van der Waals surface area (Å²) in [6.07, 6.45) is -0.620. The minimum atomic E-state index is -0.763. The molecule has 0 saturated heterocycles. The van der Waals surface area contributed by atoms with Crippen LogP contribution in [0.4, 0.5) is 4.79 Å². The van der Waals surface area contributed by atoms with E-state index in [1.807, 2.05) is 18.2 Å². The molecule has 5 heteroatoms. The molecule has 0 radical (unpaired) electrons. The van der Waals surface area contributed by atoms with Crippen molar-refractivity contribution >= 4 is 12.0 Å². The van der Waals surface area contributed by atoms with Crippen molar-refractivity contribution in [3.05, 3.63) is 35.9 Å². The molecule has 2 N–H and O–H groups in total. The molecule has 0 bridgehead atoms. The largest absolute Gasteiger partial charge is 0.444 e. The lowest BCUT2D eigenvalue weighted by atomic mass is 10.1. The van der Waals surface area contributed by atoms with Crippen LogP contribution < -0.4 is 10.6 Å². The van der Waals surface area contributed by atoms with Gasteiger partial charge >= 0.3 is 6.09 Å². The molecule has 1 rings (SSSR count). The van der Waals surface area contributed by atoms with Gasteiger partial charge in [0.2, 0.25) is 5.91 Å². The average Bonchev–Trinajstić information content (AvgIpc) is 2.34. The van der Waals surface area contributed by atoms with Crippen molar-refractivity contribution in [1.82, 2.24) is 10.6 Å². The number of hydrogen-bond donors (Lipinski definition) is 2. The van der Waals surface area contributed by atoms with Crippen molar-refractivity contribution in [2.24, 2.45) is 0 Å². The van der Waals surface area contributed by atoms with Crippen LogP contribution in [0.3, 0.4) is 0 Å². The van der Waals surface area contributed by atoms with Gasteiger partial charge in [-0.3, -0.25) is 4.79 Å². The van der Waals surface area contributed by atoms with Crippen molar-refractivity contribution in [3.63, 3.8) is 0 Å². The molecule has 0 unspecified atom stereocenters. The Morgan fingerprint density at radius 3 is 2.21 bits per heavy atom. The lowest BCUT2D eigenvalue weighted by Crippen LogP contribution is -2.41. The van der Waals surface area contributed by atoms with E-state index in [1.165, 1.54) is 7.05 Å². The van der Waals surface area contributed by atoms with Crippen LogP contribution in [-0.2, 0) is 9.53 Å². The zero-order valence-corrected chi connectivity index (χ0v) is 11.7. The predicted molar refractivity (Wildman–Crippen MR) is 72.6 cm³/mol. The van der Waals surface area contributed by atoms with Crippen molar-refractivity contribution in [2.75, 3.05) is 7.05 Å². The molecule has 0 aliphatic carbocycles. The Kier molecular flexibility index (Phi) is 4.92. The minimum Gasteiger partial charge on any atom is -0.444 e. The Labute approximate surface area is 113 Å². The highest BCUT2D eigenvalue weighted by Gasteiger charge is 2.24. The molecular formula is C14H20N2O3. The number of amides is 2. The number of carbonyl (C=O) groups is 2. The highest BCUT2D eigenvalue weighted by molar-refractivity contribution is 5.86. The molecule has 1 aromatic rings. The van der Waals surface area contributed by atoms with Crippen LogP contribution in [-0.4, -0.2) is 24.6 Å². The van der Waals surface area contributed by atoms with E-state index < -0.39 is 17.7 Å². The zero-order chi connectivity index (χ0) is 14.5. The predicted octanol–water partition coefficient (Wildman–Crippen LogP) is 2.00. The first kappa shape index (κ1) is 15.0. The summed E-state index contributed by atoms with van der Waals surface area (Å²) < 4.78 is 5.15. The molecule has 5 nitrogen and oxygen atoms in total. The Morgan fingerprint density at radius 2 is 1.74 bits per heavy atom. The molecule has 1 aromatic carbocycles. The number of carbonyl (C=O) groups excluding carboxylic acids is 2. The normalized spacial score (nSPS) is 12.4. The summed E-state index contributed by atoms with van der Waals surface area (Å²) in [6, 6.07) is 8.25. The van der Waals surface area contributed by atoms with E-state index in [-0.39, 0.29) is 5.91 Å². The molecule has 0 aliphatic heterocycles. The standard InChI is InChI=1S/C14H20N2O3/c1-14(2,3)19-13(18)16-11(12(17)15-4)10-8-6-5-7-9-10/h5-9,11H,1-4H3,(H,15,17)(H,16,18)/t11-/m1/s1. The van der Waals surface area contributed by atoms with E-state index in [1.54, 1.807) is 32.9 Å². The zero-order valence-electron chi connectivity index (χ0n) is 11.7. The van der Waals surface area contributed by atoms with Gasteiger partial charge in [-0.1, -0.05) is 30.3 Å². The SMILES string of the molecule is CNC(=O)[C@H](NC(=O)OC(C)(C)C)c1ccccc1. The Bertz CT molecular complexity index is 438. The van der Waals surface area contributed by atoms with Gasteiger partial charge in [-0.05, 0) is 26.3 Å². The van der Waals surface area contributed by atoms with Gasteiger partial charge in [0.25, 0.3) is 0 Å². The van der Waals surface area contributed by atoms with E-state index in [0.717, 1.165) is 0 Å². The number of nitrogens with one attached hydrogen (secondary N) is 2. The lowest BCUT2D eigenvalue weighted by Gasteiger charge is -2.23. The molecule has 0 aromatic heterocycles. The number of likely N-dealkylation sites (N-methyl/N-ethyl adjacent to an activating group) is 1. The van der Waals surface area contributed by atoms with Gasteiger partial charge in [0.05, 0.1) is 0 Å². The van der Waals surface area contributed by atoms with Crippen LogP contribution in [0.1, 0.15) is 32.4 Å². The van der Waals surface area contributed by atoms with E-state index >= 15 is 0 Å². The molecule has 0 fully saturated rings. The summed E-state index contributed by atoms with van der Waals surface area (Å²) in [6.45, 7) is 5.30. The summed E-state index contributed by atoms with van der Waals surface area (Å²) in [7, 11) is 1.52.